The van der Waals surface area contributed by atoms with E-state index in [4.69, 9.17) is 8.92 Å². The van der Waals surface area contributed by atoms with Crippen molar-refractivity contribution in [2.75, 3.05) is 13.7 Å². The van der Waals surface area contributed by atoms with Gasteiger partial charge in [-0.15, -0.1) is 0 Å². The van der Waals surface area contributed by atoms with Crippen LogP contribution in [0.25, 0.3) is 0 Å². The summed E-state index contributed by atoms with van der Waals surface area (Å²) >= 11 is 2.04. The fourth-order valence-electron chi connectivity index (χ4n) is 5.65. The van der Waals surface area contributed by atoms with Crippen LogP contribution in [-0.4, -0.2) is 38.5 Å². The number of allylic oxidation sites excluding steroid dienone is 4. The smallest absolute Gasteiger partial charge is 0.339 e. The molecule has 0 atom stereocenters. The molecule has 0 aromatic heterocycles. The highest BCUT2D eigenvalue weighted by Crippen LogP contribution is 2.50. The first kappa shape index (κ1) is 26.9. The number of ketones is 2. The highest BCUT2D eigenvalue weighted by molar-refractivity contribution is 14.1. The molecule has 0 amide bonds. The van der Waals surface area contributed by atoms with E-state index in [1.165, 1.54) is 12.1 Å². The van der Waals surface area contributed by atoms with E-state index in [9.17, 15) is 18.0 Å². The molecule has 0 unspecified atom stereocenters. The van der Waals surface area contributed by atoms with Crippen molar-refractivity contribution >= 4 is 44.3 Å². The van der Waals surface area contributed by atoms with E-state index < -0.39 is 16.0 Å². The lowest BCUT2D eigenvalue weighted by Crippen LogP contribution is -2.37. The van der Waals surface area contributed by atoms with Crippen LogP contribution in [0.2, 0.25) is 0 Å². The summed E-state index contributed by atoms with van der Waals surface area (Å²) in [4.78, 5) is 28.7. The summed E-state index contributed by atoms with van der Waals surface area (Å²) in [5.74, 6) is -0.0308. The van der Waals surface area contributed by atoms with Crippen LogP contribution in [0.4, 0.5) is 0 Å². The average molecular weight is 648 g/mol. The van der Waals surface area contributed by atoms with Crippen molar-refractivity contribution in [1.82, 2.24) is 4.90 Å². The Morgan fingerprint density at radius 3 is 2.08 bits per heavy atom. The molecule has 2 aromatic rings. The van der Waals surface area contributed by atoms with Crippen LogP contribution >= 0.6 is 22.6 Å². The molecule has 0 saturated carbocycles. The summed E-state index contributed by atoms with van der Waals surface area (Å²) in [7, 11) is -2.15. The molecule has 0 radical (unpaired) electrons. The van der Waals surface area contributed by atoms with Crippen molar-refractivity contribution in [3.63, 3.8) is 0 Å². The van der Waals surface area contributed by atoms with Gasteiger partial charge in [0, 0.05) is 48.3 Å². The van der Waals surface area contributed by atoms with Gasteiger partial charge in [0.1, 0.15) is 4.90 Å². The minimum absolute atomic E-state index is 0.0472. The molecule has 1 heterocycles. The Bertz CT molecular complexity index is 1450. The highest BCUT2D eigenvalue weighted by atomic mass is 127. The monoisotopic (exact) mass is 647 g/mol. The third-order valence-electron chi connectivity index (χ3n) is 7.41. The molecule has 0 spiro atoms. The summed E-state index contributed by atoms with van der Waals surface area (Å²) < 4.78 is 38.3. The lowest BCUT2D eigenvalue weighted by molar-refractivity contribution is -0.117. The molecule has 2 aromatic carbocycles. The van der Waals surface area contributed by atoms with Gasteiger partial charge in [0.05, 0.1) is 10.2 Å². The Balaban J connectivity index is 1.64. The van der Waals surface area contributed by atoms with E-state index in [2.05, 4.69) is 4.90 Å². The van der Waals surface area contributed by atoms with E-state index in [0.29, 0.717) is 27.6 Å². The largest absolute Gasteiger partial charge is 0.490 e. The van der Waals surface area contributed by atoms with Gasteiger partial charge in [0.25, 0.3) is 0 Å². The number of ether oxygens (including phenoxy) is 1. The lowest BCUT2D eigenvalue weighted by atomic mass is 9.71. The van der Waals surface area contributed by atoms with Crippen molar-refractivity contribution in [3.05, 3.63) is 73.6 Å². The minimum atomic E-state index is -4.11. The summed E-state index contributed by atoms with van der Waals surface area (Å²) in [6.45, 7) is 3.97. The number of aryl methyl sites for hydroxylation is 1. The molecule has 0 N–H and O–H groups in total. The van der Waals surface area contributed by atoms with Gasteiger partial charge in [0.15, 0.2) is 23.1 Å². The van der Waals surface area contributed by atoms with Crippen LogP contribution in [0.1, 0.15) is 62.5 Å². The van der Waals surface area contributed by atoms with Gasteiger partial charge >= 0.3 is 10.1 Å². The molecule has 0 bridgehead atoms. The number of Topliss-reactive ketones (excluding diaryl/α,β-unsaturated/α-hetero) is 2. The SMILES string of the molecule is CCOc1cc(C2C3=C(CCCC3=O)N(C)C3=C2C(=O)CCC3)cc(I)c1OS(=O)(=O)c1ccc(C)cc1. The Morgan fingerprint density at radius 1 is 0.947 bits per heavy atom. The first-order valence-corrected chi connectivity index (χ1v) is 15.3. The quantitative estimate of drug-likeness (QED) is 0.289. The van der Waals surface area contributed by atoms with Gasteiger partial charge in [-0.3, -0.25) is 9.59 Å². The number of carbonyl (C=O) groups is 2. The number of rotatable bonds is 6. The zero-order chi connectivity index (χ0) is 27.2. The minimum Gasteiger partial charge on any atom is -0.490 e. The predicted octanol–water partition coefficient (Wildman–Crippen LogP) is 5.81. The molecule has 0 saturated heterocycles. The molecule has 38 heavy (non-hydrogen) atoms. The van der Waals surface area contributed by atoms with E-state index in [0.717, 1.165) is 48.2 Å². The van der Waals surface area contributed by atoms with Crippen molar-refractivity contribution < 1.29 is 26.9 Å². The van der Waals surface area contributed by atoms with Crippen molar-refractivity contribution in [3.8, 4) is 11.5 Å². The zero-order valence-electron chi connectivity index (χ0n) is 21.7. The van der Waals surface area contributed by atoms with Gasteiger partial charge in [-0.1, -0.05) is 17.7 Å². The summed E-state index contributed by atoms with van der Waals surface area (Å²) in [6.07, 6.45) is 4.04. The maximum Gasteiger partial charge on any atom is 0.339 e. The number of hydrogen-bond donors (Lipinski definition) is 0. The number of benzene rings is 2. The van der Waals surface area contributed by atoms with Gasteiger partial charge < -0.3 is 13.8 Å². The van der Waals surface area contributed by atoms with Gasteiger partial charge in [-0.2, -0.15) is 8.42 Å². The summed E-state index contributed by atoms with van der Waals surface area (Å²) in [5.41, 5.74) is 4.98. The third kappa shape index (κ3) is 4.79. The number of carbonyl (C=O) groups excluding carboxylic acids is 2. The highest BCUT2D eigenvalue weighted by Gasteiger charge is 2.42. The topological polar surface area (TPSA) is 90.0 Å². The van der Waals surface area contributed by atoms with Gasteiger partial charge in [-0.05, 0) is 92.0 Å². The fourth-order valence-corrected chi connectivity index (χ4v) is 7.49. The first-order chi connectivity index (χ1) is 18.1. The normalized spacial score (nSPS) is 18.5. The number of halogens is 1. The zero-order valence-corrected chi connectivity index (χ0v) is 24.6. The van der Waals surface area contributed by atoms with Gasteiger partial charge in [-0.25, -0.2) is 0 Å². The van der Waals surface area contributed by atoms with E-state index in [1.807, 2.05) is 49.6 Å². The average Bonchev–Trinajstić information content (AvgIpc) is 2.87. The Hall–Kier alpha value is -2.66. The van der Waals surface area contributed by atoms with E-state index in [-0.39, 0.29) is 34.6 Å². The van der Waals surface area contributed by atoms with Crippen molar-refractivity contribution in [2.45, 2.75) is 63.2 Å². The van der Waals surface area contributed by atoms with Crippen molar-refractivity contribution in [1.29, 1.82) is 0 Å². The molecule has 9 heteroatoms. The maximum atomic E-state index is 13.3. The van der Waals surface area contributed by atoms with E-state index >= 15 is 0 Å². The molecular formula is C29H30INO6S. The Morgan fingerprint density at radius 2 is 1.53 bits per heavy atom. The van der Waals surface area contributed by atoms with Crippen LogP contribution < -0.4 is 8.92 Å². The molecule has 200 valence electrons. The summed E-state index contributed by atoms with van der Waals surface area (Å²) in [6, 6.07) is 10.0. The lowest BCUT2D eigenvalue weighted by Gasteiger charge is -2.42. The standard InChI is InChI=1S/C29H30INO6S/c1-4-36-25-16-18(15-20(30)29(25)37-38(34,35)19-13-11-17(2)12-14-19)26-27-21(7-5-9-23(27)32)31(3)22-8-6-10-24(33)28(22)26/h11-16,26H,4-10H2,1-3H3. The van der Waals surface area contributed by atoms with Crippen LogP contribution in [0, 0.1) is 10.5 Å². The fraction of sp³-hybridized carbons (Fsp3) is 0.379. The molecule has 5 rings (SSSR count). The molecule has 3 aliphatic rings. The second kappa shape index (κ2) is 10.5. The molecule has 7 nitrogen and oxygen atoms in total. The van der Waals surface area contributed by atoms with Crippen LogP contribution in [0.3, 0.4) is 0 Å². The second-order valence-corrected chi connectivity index (χ2v) is 12.6. The summed E-state index contributed by atoms with van der Waals surface area (Å²) in [5, 5.41) is 0. The van der Waals surface area contributed by atoms with Crippen LogP contribution in [-0.2, 0) is 19.7 Å². The van der Waals surface area contributed by atoms with Gasteiger partial charge in [0.2, 0.25) is 0 Å². The molecule has 1 aliphatic heterocycles. The Labute approximate surface area is 237 Å². The Kier molecular flexibility index (Phi) is 7.43. The third-order valence-corrected chi connectivity index (χ3v) is 9.45. The van der Waals surface area contributed by atoms with Crippen molar-refractivity contribution in [2.24, 2.45) is 0 Å². The second-order valence-electron chi connectivity index (χ2n) is 9.88. The first-order valence-electron chi connectivity index (χ1n) is 12.9. The van der Waals surface area contributed by atoms with Crippen LogP contribution in [0.15, 0.2) is 63.8 Å². The predicted molar refractivity (Wildman–Crippen MR) is 152 cm³/mol. The van der Waals surface area contributed by atoms with Crippen LogP contribution in [0.5, 0.6) is 11.5 Å². The van der Waals surface area contributed by atoms with E-state index in [1.54, 1.807) is 18.2 Å². The maximum absolute atomic E-state index is 13.3. The molecule has 0 fully saturated rings. The number of nitrogens with zero attached hydrogens (tertiary/aromatic N) is 1. The molecule has 2 aliphatic carbocycles. The number of hydrogen-bond acceptors (Lipinski definition) is 7. The molecular weight excluding hydrogens is 617 g/mol.